The second-order valence-electron chi connectivity index (χ2n) is 6.93. The van der Waals surface area contributed by atoms with Gasteiger partial charge in [-0.25, -0.2) is 12.8 Å². The standard InChI is InChI=1S/C21H18FNO5S/c22-16-7-3-1-5-14(16)20-9-10-23(11-12-29(20,26)27)21(25)19-13-17(24)15-6-2-4-8-18(15)28-19/h1-8,13,20H,9-12H2. The number of hydrogen-bond donors (Lipinski definition) is 0. The summed E-state index contributed by atoms with van der Waals surface area (Å²) in [6, 6.07) is 13.5. The minimum Gasteiger partial charge on any atom is -0.451 e. The first-order valence-corrected chi connectivity index (χ1v) is 10.9. The van der Waals surface area contributed by atoms with Gasteiger partial charge in [-0.3, -0.25) is 9.59 Å². The molecule has 0 saturated carbocycles. The van der Waals surface area contributed by atoms with Crippen molar-refractivity contribution >= 4 is 26.7 Å². The predicted octanol–water partition coefficient (Wildman–Crippen LogP) is 2.93. The molecular formula is C21H18FNO5S. The lowest BCUT2D eigenvalue weighted by Crippen LogP contribution is -2.34. The fourth-order valence-electron chi connectivity index (χ4n) is 3.60. The normalized spacial score (nSPS) is 19.1. The van der Waals surface area contributed by atoms with Crippen LogP contribution in [0, 0.1) is 5.82 Å². The van der Waals surface area contributed by atoms with Gasteiger partial charge in [-0.1, -0.05) is 30.3 Å². The van der Waals surface area contributed by atoms with Crippen molar-refractivity contribution in [2.45, 2.75) is 11.7 Å². The van der Waals surface area contributed by atoms with Gasteiger partial charge in [0.15, 0.2) is 21.0 Å². The molecule has 8 heteroatoms. The second kappa shape index (κ2) is 7.44. The van der Waals surface area contributed by atoms with Gasteiger partial charge in [-0.05, 0) is 24.6 Å². The van der Waals surface area contributed by atoms with Crippen LogP contribution in [0.15, 0.2) is 63.8 Å². The number of benzene rings is 2. The van der Waals surface area contributed by atoms with Crippen LogP contribution in [0.1, 0.15) is 27.8 Å². The molecule has 2 aromatic carbocycles. The fourth-order valence-corrected chi connectivity index (χ4v) is 5.40. The third kappa shape index (κ3) is 3.67. The smallest absolute Gasteiger partial charge is 0.289 e. The van der Waals surface area contributed by atoms with Crippen molar-refractivity contribution in [1.29, 1.82) is 0 Å². The van der Waals surface area contributed by atoms with Gasteiger partial charge in [-0.2, -0.15) is 0 Å². The molecule has 1 unspecified atom stereocenters. The van der Waals surface area contributed by atoms with Crippen LogP contribution < -0.4 is 5.43 Å². The molecule has 0 radical (unpaired) electrons. The Bertz CT molecular complexity index is 1250. The molecule has 0 aliphatic carbocycles. The Balaban J connectivity index is 1.64. The van der Waals surface area contributed by atoms with E-state index in [0.29, 0.717) is 5.39 Å². The second-order valence-corrected chi connectivity index (χ2v) is 9.23. The summed E-state index contributed by atoms with van der Waals surface area (Å²) in [5.74, 6) is -1.58. The molecule has 0 bridgehead atoms. The van der Waals surface area contributed by atoms with E-state index in [-0.39, 0.29) is 47.6 Å². The SMILES string of the molecule is O=C(c1cc(=O)c2ccccc2o1)N1CCC(c2ccccc2F)S(=O)(=O)CC1. The molecule has 1 atom stereocenters. The molecule has 4 rings (SSSR count). The third-order valence-corrected chi connectivity index (χ3v) is 7.23. The Morgan fingerprint density at radius 3 is 2.59 bits per heavy atom. The number of rotatable bonds is 2. The zero-order valence-electron chi connectivity index (χ0n) is 15.4. The third-order valence-electron chi connectivity index (χ3n) is 5.13. The number of carbonyl (C=O) groups is 1. The zero-order valence-corrected chi connectivity index (χ0v) is 16.2. The van der Waals surface area contributed by atoms with Crippen LogP contribution in [0.2, 0.25) is 0 Å². The summed E-state index contributed by atoms with van der Waals surface area (Å²) in [6.07, 6.45) is 0.0623. The molecule has 1 aliphatic rings. The summed E-state index contributed by atoms with van der Waals surface area (Å²) in [5, 5.41) is -0.660. The van der Waals surface area contributed by atoms with Crippen molar-refractivity contribution in [2.24, 2.45) is 0 Å². The summed E-state index contributed by atoms with van der Waals surface area (Å²) in [7, 11) is -3.65. The van der Waals surface area contributed by atoms with Gasteiger partial charge in [0, 0.05) is 24.7 Å². The van der Waals surface area contributed by atoms with Crippen molar-refractivity contribution in [3.8, 4) is 0 Å². The van der Waals surface area contributed by atoms with Crippen molar-refractivity contribution in [3.05, 3.63) is 82.0 Å². The van der Waals surface area contributed by atoms with Crippen molar-refractivity contribution in [3.63, 3.8) is 0 Å². The van der Waals surface area contributed by atoms with Gasteiger partial charge < -0.3 is 9.32 Å². The summed E-state index contributed by atoms with van der Waals surface area (Å²) in [4.78, 5) is 26.5. The van der Waals surface area contributed by atoms with Crippen LogP contribution in [0.25, 0.3) is 11.0 Å². The Labute approximate surface area is 166 Å². The van der Waals surface area contributed by atoms with E-state index in [1.807, 2.05) is 0 Å². The molecule has 150 valence electrons. The first-order valence-electron chi connectivity index (χ1n) is 9.15. The van der Waals surface area contributed by atoms with E-state index in [4.69, 9.17) is 4.42 Å². The number of carbonyl (C=O) groups excluding carboxylic acids is 1. The van der Waals surface area contributed by atoms with Gasteiger partial charge in [0.05, 0.1) is 16.4 Å². The summed E-state index contributed by atoms with van der Waals surface area (Å²) >= 11 is 0. The van der Waals surface area contributed by atoms with Crippen molar-refractivity contribution in [1.82, 2.24) is 4.90 Å². The maximum Gasteiger partial charge on any atom is 0.289 e. The zero-order chi connectivity index (χ0) is 20.6. The lowest BCUT2D eigenvalue weighted by Gasteiger charge is -2.19. The number of hydrogen-bond acceptors (Lipinski definition) is 5. The average Bonchev–Trinajstić information content (AvgIpc) is 2.86. The molecule has 2 heterocycles. The predicted molar refractivity (Wildman–Crippen MR) is 106 cm³/mol. The lowest BCUT2D eigenvalue weighted by atomic mass is 10.1. The Kier molecular flexibility index (Phi) is 4.96. The van der Waals surface area contributed by atoms with Crippen LogP contribution in [0.3, 0.4) is 0 Å². The largest absolute Gasteiger partial charge is 0.451 e. The van der Waals surface area contributed by atoms with E-state index in [0.717, 1.165) is 6.07 Å². The molecular weight excluding hydrogens is 397 g/mol. The molecule has 3 aromatic rings. The van der Waals surface area contributed by atoms with Crippen molar-refractivity contribution < 1.29 is 22.0 Å². The van der Waals surface area contributed by atoms with E-state index in [2.05, 4.69) is 0 Å². The first-order chi connectivity index (χ1) is 13.9. The Morgan fingerprint density at radius 2 is 1.79 bits per heavy atom. The van der Waals surface area contributed by atoms with E-state index in [1.165, 1.54) is 23.1 Å². The van der Waals surface area contributed by atoms with E-state index >= 15 is 0 Å². The minimum atomic E-state index is -3.65. The van der Waals surface area contributed by atoms with Gasteiger partial charge in [0.25, 0.3) is 5.91 Å². The summed E-state index contributed by atoms with van der Waals surface area (Å²) in [5.41, 5.74) is 0.0518. The van der Waals surface area contributed by atoms with Gasteiger partial charge >= 0.3 is 0 Å². The highest BCUT2D eigenvalue weighted by atomic mass is 32.2. The Hall–Kier alpha value is -3.00. The van der Waals surface area contributed by atoms with Crippen LogP contribution >= 0.6 is 0 Å². The maximum atomic E-state index is 14.2. The monoisotopic (exact) mass is 415 g/mol. The van der Waals surface area contributed by atoms with E-state index in [9.17, 15) is 22.4 Å². The first kappa shape index (κ1) is 19.3. The average molecular weight is 415 g/mol. The van der Waals surface area contributed by atoms with Crippen LogP contribution in [0.4, 0.5) is 4.39 Å². The van der Waals surface area contributed by atoms with Crippen molar-refractivity contribution in [2.75, 3.05) is 18.8 Å². The fraction of sp³-hybridized carbons (Fsp3) is 0.238. The van der Waals surface area contributed by atoms with Gasteiger partial charge in [-0.15, -0.1) is 0 Å². The molecule has 1 aromatic heterocycles. The highest BCUT2D eigenvalue weighted by Crippen LogP contribution is 2.31. The Morgan fingerprint density at radius 1 is 1.07 bits per heavy atom. The molecule has 1 aliphatic heterocycles. The summed E-state index contributed by atoms with van der Waals surface area (Å²) in [6.45, 7) is 0.0518. The molecule has 29 heavy (non-hydrogen) atoms. The summed E-state index contributed by atoms with van der Waals surface area (Å²) < 4.78 is 45.2. The topological polar surface area (TPSA) is 84.7 Å². The highest BCUT2D eigenvalue weighted by Gasteiger charge is 2.34. The number of halogens is 1. The molecule has 1 fully saturated rings. The quantitative estimate of drug-likeness (QED) is 0.643. The van der Waals surface area contributed by atoms with E-state index in [1.54, 1.807) is 30.3 Å². The van der Waals surface area contributed by atoms with Crippen LogP contribution in [-0.2, 0) is 9.84 Å². The molecule has 1 amide bonds. The molecule has 0 N–H and O–H groups in total. The lowest BCUT2D eigenvalue weighted by molar-refractivity contribution is 0.0735. The highest BCUT2D eigenvalue weighted by molar-refractivity contribution is 7.91. The molecule has 1 saturated heterocycles. The number of para-hydroxylation sites is 1. The number of sulfone groups is 1. The van der Waals surface area contributed by atoms with Gasteiger partial charge in [0.1, 0.15) is 11.4 Å². The number of amides is 1. The van der Waals surface area contributed by atoms with E-state index < -0.39 is 26.8 Å². The number of fused-ring (bicyclic) bond motifs is 1. The minimum absolute atomic E-state index is 0.0529. The molecule has 6 nitrogen and oxygen atoms in total. The van der Waals surface area contributed by atoms with Gasteiger partial charge in [0.2, 0.25) is 0 Å². The van der Waals surface area contributed by atoms with Crippen LogP contribution in [0.5, 0.6) is 0 Å². The molecule has 0 spiro atoms. The van der Waals surface area contributed by atoms with Crippen LogP contribution in [-0.4, -0.2) is 38.1 Å². The number of nitrogens with zero attached hydrogens (tertiary/aromatic N) is 1. The maximum absolute atomic E-state index is 14.2.